The Morgan fingerprint density at radius 2 is 1.83 bits per heavy atom. The SMILES string of the molecule is [CH2]COC1Oc2ccccc2O1. The first kappa shape index (κ1) is 7.43. The Morgan fingerprint density at radius 1 is 1.25 bits per heavy atom. The van der Waals surface area contributed by atoms with Crippen LogP contribution in [0.1, 0.15) is 0 Å². The van der Waals surface area contributed by atoms with Crippen molar-refractivity contribution >= 4 is 0 Å². The van der Waals surface area contributed by atoms with Crippen molar-refractivity contribution in [3.63, 3.8) is 0 Å². The van der Waals surface area contributed by atoms with Crippen molar-refractivity contribution in [2.24, 2.45) is 0 Å². The smallest absolute Gasteiger partial charge is 0.361 e. The molecule has 1 aliphatic heterocycles. The molecular weight excluding hydrogens is 156 g/mol. The molecule has 0 fully saturated rings. The Kier molecular flexibility index (Phi) is 1.87. The van der Waals surface area contributed by atoms with Gasteiger partial charge < -0.3 is 14.2 Å². The summed E-state index contributed by atoms with van der Waals surface area (Å²) in [5.41, 5.74) is 0. The molecule has 2 rings (SSSR count). The van der Waals surface area contributed by atoms with Gasteiger partial charge in [-0.15, -0.1) is 0 Å². The molecule has 3 nitrogen and oxygen atoms in total. The van der Waals surface area contributed by atoms with Crippen molar-refractivity contribution in [1.82, 2.24) is 0 Å². The van der Waals surface area contributed by atoms with Crippen LogP contribution in [-0.4, -0.2) is 13.1 Å². The zero-order valence-electron chi connectivity index (χ0n) is 6.53. The number of para-hydroxylation sites is 2. The molecule has 1 aromatic rings. The predicted octanol–water partition coefficient (Wildman–Crippen LogP) is 1.59. The molecule has 0 spiro atoms. The van der Waals surface area contributed by atoms with Crippen LogP contribution < -0.4 is 9.47 Å². The fourth-order valence-corrected chi connectivity index (χ4v) is 1.04. The van der Waals surface area contributed by atoms with Gasteiger partial charge in [0.25, 0.3) is 0 Å². The fraction of sp³-hybridized carbons (Fsp3) is 0.222. The van der Waals surface area contributed by atoms with E-state index in [1.54, 1.807) is 0 Å². The summed E-state index contributed by atoms with van der Waals surface area (Å²) in [6.07, 6.45) is 0. The third kappa shape index (κ3) is 1.23. The number of fused-ring (bicyclic) bond motifs is 1. The van der Waals surface area contributed by atoms with E-state index in [9.17, 15) is 0 Å². The molecule has 1 radical (unpaired) electrons. The first-order chi connectivity index (χ1) is 5.90. The van der Waals surface area contributed by atoms with Crippen molar-refractivity contribution in [3.05, 3.63) is 31.2 Å². The van der Waals surface area contributed by atoms with E-state index >= 15 is 0 Å². The molecule has 1 aliphatic rings. The maximum Gasteiger partial charge on any atom is 0.361 e. The van der Waals surface area contributed by atoms with Gasteiger partial charge in [-0.3, -0.25) is 0 Å². The van der Waals surface area contributed by atoms with Crippen LogP contribution in [0.15, 0.2) is 24.3 Å². The molecule has 0 amide bonds. The highest BCUT2D eigenvalue weighted by Crippen LogP contribution is 2.33. The quantitative estimate of drug-likeness (QED) is 0.666. The molecule has 0 N–H and O–H groups in total. The molecule has 0 unspecified atom stereocenters. The fourth-order valence-electron chi connectivity index (χ4n) is 1.04. The van der Waals surface area contributed by atoms with Crippen LogP contribution in [0.3, 0.4) is 0 Å². The van der Waals surface area contributed by atoms with Crippen LogP contribution in [0.2, 0.25) is 0 Å². The number of benzene rings is 1. The summed E-state index contributed by atoms with van der Waals surface area (Å²) in [7, 11) is 0. The summed E-state index contributed by atoms with van der Waals surface area (Å²) in [5.74, 6) is 1.44. The van der Waals surface area contributed by atoms with Gasteiger partial charge in [0.2, 0.25) is 0 Å². The summed E-state index contributed by atoms with van der Waals surface area (Å²) in [6, 6.07) is 7.44. The van der Waals surface area contributed by atoms with Crippen LogP contribution in [0.5, 0.6) is 11.5 Å². The monoisotopic (exact) mass is 165 g/mol. The van der Waals surface area contributed by atoms with Gasteiger partial charge in [-0.05, 0) is 19.1 Å². The molecule has 0 atom stereocenters. The number of hydrogen-bond donors (Lipinski definition) is 0. The topological polar surface area (TPSA) is 27.7 Å². The minimum atomic E-state index is -0.625. The zero-order valence-corrected chi connectivity index (χ0v) is 6.53. The molecule has 63 valence electrons. The number of ether oxygens (including phenoxy) is 3. The van der Waals surface area contributed by atoms with Crippen LogP contribution in [0, 0.1) is 6.92 Å². The van der Waals surface area contributed by atoms with E-state index in [2.05, 4.69) is 6.92 Å². The van der Waals surface area contributed by atoms with Crippen molar-refractivity contribution in [3.8, 4) is 11.5 Å². The van der Waals surface area contributed by atoms with Gasteiger partial charge in [0, 0.05) is 0 Å². The van der Waals surface area contributed by atoms with E-state index in [4.69, 9.17) is 14.2 Å². The second-order valence-electron chi connectivity index (χ2n) is 2.34. The molecule has 1 heterocycles. The second-order valence-corrected chi connectivity index (χ2v) is 2.34. The Labute approximate surface area is 70.9 Å². The van der Waals surface area contributed by atoms with Gasteiger partial charge in [-0.1, -0.05) is 12.1 Å². The van der Waals surface area contributed by atoms with E-state index in [1.807, 2.05) is 24.3 Å². The predicted molar refractivity (Wildman–Crippen MR) is 42.8 cm³/mol. The summed E-state index contributed by atoms with van der Waals surface area (Å²) in [5, 5.41) is 0. The highest BCUT2D eigenvalue weighted by atomic mass is 16.9. The lowest BCUT2D eigenvalue weighted by atomic mass is 10.3. The third-order valence-electron chi connectivity index (χ3n) is 1.55. The lowest BCUT2D eigenvalue weighted by molar-refractivity contribution is -0.169. The molecule has 0 saturated heterocycles. The van der Waals surface area contributed by atoms with Crippen molar-refractivity contribution in [2.75, 3.05) is 6.61 Å². The normalized spacial score (nSPS) is 15.1. The number of hydrogen-bond acceptors (Lipinski definition) is 3. The molecular formula is C9H9O3. The van der Waals surface area contributed by atoms with E-state index in [0.717, 1.165) is 11.5 Å². The Hall–Kier alpha value is -1.22. The van der Waals surface area contributed by atoms with Gasteiger partial charge in [0.1, 0.15) is 0 Å². The van der Waals surface area contributed by atoms with Crippen LogP contribution >= 0.6 is 0 Å². The van der Waals surface area contributed by atoms with Crippen molar-refractivity contribution < 1.29 is 14.2 Å². The lowest BCUT2D eigenvalue weighted by Gasteiger charge is -2.07. The maximum atomic E-state index is 5.26. The maximum absolute atomic E-state index is 5.26. The van der Waals surface area contributed by atoms with Gasteiger partial charge >= 0.3 is 6.48 Å². The standard InChI is InChI=1S/C9H9O3/c1-2-10-9-11-7-5-3-4-6-8(7)12-9/h3-6,9H,1-2H2. The molecule has 0 aromatic heterocycles. The molecule has 0 bridgehead atoms. The summed E-state index contributed by atoms with van der Waals surface area (Å²) in [6.45, 7) is 3.24. The van der Waals surface area contributed by atoms with Crippen LogP contribution in [-0.2, 0) is 4.74 Å². The minimum absolute atomic E-state index is 0.332. The molecule has 12 heavy (non-hydrogen) atoms. The van der Waals surface area contributed by atoms with Crippen molar-refractivity contribution in [1.29, 1.82) is 0 Å². The summed E-state index contributed by atoms with van der Waals surface area (Å²) >= 11 is 0. The summed E-state index contributed by atoms with van der Waals surface area (Å²) in [4.78, 5) is 0. The third-order valence-corrected chi connectivity index (χ3v) is 1.55. The molecule has 0 saturated carbocycles. The average molecular weight is 165 g/mol. The number of rotatable bonds is 2. The average Bonchev–Trinajstić information content (AvgIpc) is 2.47. The van der Waals surface area contributed by atoms with Crippen LogP contribution in [0.25, 0.3) is 0 Å². The largest absolute Gasteiger partial charge is 0.428 e. The highest BCUT2D eigenvalue weighted by Gasteiger charge is 2.23. The van der Waals surface area contributed by atoms with Crippen molar-refractivity contribution in [2.45, 2.75) is 6.48 Å². The Balaban J connectivity index is 2.11. The molecule has 0 aliphatic carbocycles. The van der Waals surface area contributed by atoms with Gasteiger partial charge in [-0.2, -0.15) is 0 Å². The summed E-state index contributed by atoms with van der Waals surface area (Å²) < 4.78 is 15.6. The van der Waals surface area contributed by atoms with Gasteiger partial charge in [0.05, 0.1) is 6.61 Å². The van der Waals surface area contributed by atoms with E-state index in [-0.39, 0.29) is 0 Å². The Bertz CT molecular complexity index is 247. The zero-order chi connectivity index (χ0) is 8.39. The Morgan fingerprint density at radius 3 is 2.33 bits per heavy atom. The molecule has 3 heteroatoms. The lowest BCUT2D eigenvalue weighted by Crippen LogP contribution is -2.21. The van der Waals surface area contributed by atoms with E-state index < -0.39 is 6.48 Å². The van der Waals surface area contributed by atoms with E-state index in [1.165, 1.54) is 0 Å². The highest BCUT2D eigenvalue weighted by molar-refractivity contribution is 5.41. The second kappa shape index (κ2) is 3.03. The van der Waals surface area contributed by atoms with Gasteiger partial charge in [0.15, 0.2) is 11.5 Å². The first-order valence-corrected chi connectivity index (χ1v) is 3.73. The minimum Gasteiger partial charge on any atom is -0.428 e. The van der Waals surface area contributed by atoms with Crippen LogP contribution in [0.4, 0.5) is 0 Å². The van der Waals surface area contributed by atoms with Gasteiger partial charge in [-0.25, -0.2) is 0 Å². The first-order valence-electron chi connectivity index (χ1n) is 3.73. The van der Waals surface area contributed by atoms with E-state index in [0.29, 0.717) is 6.61 Å². The molecule has 1 aromatic carbocycles.